The average molecular weight is 309 g/mol. The van der Waals surface area contributed by atoms with Gasteiger partial charge < -0.3 is 14.8 Å². The largest absolute Gasteiger partial charge is 0.493 e. The zero-order valence-corrected chi connectivity index (χ0v) is 12.9. The van der Waals surface area contributed by atoms with Gasteiger partial charge in [0, 0.05) is 0 Å². The van der Waals surface area contributed by atoms with Crippen molar-refractivity contribution in [3.05, 3.63) is 28.7 Å². The van der Waals surface area contributed by atoms with E-state index < -0.39 is 0 Å². The van der Waals surface area contributed by atoms with Gasteiger partial charge in [-0.15, -0.1) is 0 Å². The first-order valence-electron chi connectivity index (χ1n) is 6.19. The summed E-state index contributed by atoms with van der Waals surface area (Å²) in [5.74, 6) is 1.19. The average Bonchev–Trinajstić information content (AvgIpc) is 2.75. The van der Waals surface area contributed by atoms with Gasteiger partial charge in [0.25, 0.3) is 5.91 Å². The second-order valence-corrected chi connectivity index (χ2v) is 5.83. The Balaban J connectivity index is 2.23. The van der Waals surface area contributed by atoms with E-state index in [-0.39, 0.29) is 5.91 Å². The lowest BCUT2D eigenvalue weighted by molar-refractivity contribution is -0.115. The highest BCUT2D eigenvalue weighted by Gasteiger charge is 2.22. The molecule has 1 aromatic carbocycles. The molecule has 2 rings (SSSR count). The van der Waals surface area contributed by atoms with Crippen LogP contribution in [0.1, 0.15) is 18.9 Å². The van der Waals surface area contributed by atoms with Crippen LogP contribution in [0.2, 0.25) is 0 Å². The number of carbonyl (C=O) groups excluding carboxylic acids is 1. The predicted octanol–water partition coefficient (Wildman–Crippen LogP) is 2.97. The number of nitrogens with one attached hydrogen (secondary N) is 1. The minimum Gasteiger partial charge on any atom is -0.493 e. The third-order valence-electron chi connectivity index (χ3n) is 2.59. The fourth-order valence-corrected chi connectivity index (χ4v) is 2.72. The molecule has 1 aliphatic rings. The van der Waals surface area contributed by atoms with Gasteiger partial charge in [0.15, 0.2) is 11.5 Å². The van der Waals surface area contributed by atoms with E-state index in [1.165, 1.54) is 11.8 Å². The minimum absolute atomic E-state index is 0.162. The Morgan fingerprint density at radius 1 is 1.40 bits per heavy atom. The van der Waals surface area contributed by atoms with E-state index in [0.717, 1.165) is 12.0 Å². The molecule has 0 saturated carbocycles. The summed E-state index contributed by atoms with van der Waals surface area (Å²) in [6.07, 6.45) is 2.72. The Kier molecular flexibility index (Phi) is 5.03. The monoisotopic (exact) mass is 309 g/mol. The molecule has 0 radical (unpaired) electrons. The molecule has 1 aromatic rings. The summed E-state index contributed by atoms with van der Waals surface area (Å²) in [6, 6.07) is 5.57. The van der Waals surface area contributed by atoms with Crippen LogP contribution in [0.25, 0.3) is 6.08 Å². The van der Waals surface area contributed by atoms with Gasteiger partial charge in [-0.3, -0.25) is 4.79 Å². The van der Waals surface area contributed by atoms with Crippen LogP contribution in [-0.2, 0) is 4.79 Å². The number of methoxy groups -OCH3 is 1. The van der Waals surface area contributed by atoms with Crippen LogP contribution in [0.15, 0.2) is 23.1 Å². The van der Waals surface area contributed by atoms with Crippen molar-refractivity contribution in [2.75, 3.05) is 13.7 Å². The van der Waals surface area contributed by atoms with E-state index in [0.29, 0.717) is 27.3 Å². The molecule has 1 fully saturated rings. The van der Waals surface area contributed by atoms with Gasteiger partial charge in [-0.1, -0.05) is 37.0 Å². The first-order valence-corrected chi connectivity index (χ1v) is 7.42. The normalized spacial score (nSPS) is 16.4. The molecule has 0 unspecified atom stereocenters. The van der Waals surface area contributed by atoms with Gasteiger partial charge in [-0.2, -0.15) is 0 Å². The van der Waals surface area contributed by atoms with E-state index >= 15 is 0 Å². The third-order valence-corrected chi connectivity index (χ3v) is 3.75. The Morgan fingerprint density at radius 3 is 2.80 bits per heavy atom. The van der Waals surface area contributed by atoms with E-state index in [1.54, 1.807) is 13.2 Å². The lowest BCUT2D eigenvalue weighted by Crippen LogP contribution is -2.17. The molecular weight excluding hydrogens is 294 g/mol. The van der Waals surface area contributed by atoms with Crippen LogP contribution in [0.3, 0.4) is 0 Å². The van der Waals surface area contributed by atoms with Crippen molar-refractivity contribution in [1.82, 2.24) is 5.32 Å². The van der Waals surface area contributed by atoms with E-state index in [2.05, 4.69) is 5.32 Å². The van der Waals surface area contributed by atoms with Crippen molar-refractivity contribution in [2.45, 2.75) is 13.3 Å². The van der Waals surface area contributed by atoms with Crippen molar-refractivity contribution >= 4 is 40.3 Å². The van der Waals surface area contributed by atoms with Gasteiger partial charge in [0.1, 0.15) is 4.32 Å². The molecule has 4 nitrogen and oxygen atoms in total. The van der Waals surface area contributed by atoms with Crippen molar-refractivity contribution in [3.8, 4) is 11.5 Å². The molecular formula is C14H15NO3S2. The zero-order valence-electron chi connectivity index (χ0n) is 11.3. The number of thiocarbonyl (C=S) groups is 1. The van der Waals surface area contributed by atoms with Gasteiger partial charge in [-0.25, -0.2) is 0 Å². The SMILES string of the molecule is CCCOc1ccc(/C=C2/SC(=S)NC2=O)cc1OC. The maximum atomic E-state index is 11.6. The predicted molar refractivity (Wildman–Crippen MR) is 85.1 cm³/mol. The number of hydrogen-bond donors (Lipinski definition) is 1. The topological polar surface area (TPSA) is 47.6 Å². The minimum atomic E-state index is -0.162. The van der Waals surface area contributed by atoms with Crippen LogP contribution < -0.4 is 14.8 Å². The second-order valence-electron chi connectivity index (χ2n) is 4.11. The van der Waals surface area contributed by atoms with Crippen molar-refractivity contribution in [1.29, 1.82) is 0 Å². The molecule has 0 atom stereocenters. The molecule has 0 aliphatic carbocycles. The molecule has 1 saturated heterocycles. The molecule has 0 bridgehead atoms. The first kappa shape index (κ1) is 14.9. The first-order chi connectivity index (χ1) is 9.63. The number of amides is 1. The molecule has 20 heavy (non-hydrogen) atoms. The van der Waals surface area contributed by atoms with Crippen LogP contribution in [0.4, 0.5) is 0 Å². The molecule has 1 aliphatic heterocycles. The summed E-state index contributed by atoms with van der Waals surface area (Å²) >= 11 is 6.21. The Labute approximate surface area is 127 Å². The molecule has 6 heteroatoms. The van der Waals surface area contributed by atoms with Crippen molar-refractivity contribution in [2.24, 2.45) is 0 Å². The number of thioether (sulfide) groups is 1. The molecule has 1 N–H and O–H groups in total. The van der Waals surface area contributed by atoms with E-state index in [9.17, 15) is 4.79 Å². The highest BCUT2D eigenvalue weighted by Crippen LogP contribution is 2.31. The highest BCUT2D eigenvalue weighted by atomic mass is 32.2. The van der Waals surface area contributed by atoms with Crippen LogP contribution in [0.5, 0.6) is 11.5 Å². The number of carbonyl (C=O) groups is 1. The lowest BCUT2D eigenvalue weighted by Gasteiger charge is -2.10. The Morgan fingerprint density at radius 2 is 2.20 bits per heavy atom. The molecule has 0 aromatic heterocycles. The third kappa shape index (κ3) is 3.52. The van der Waals surface area contributed by atoms with Crippen molar-refractivity contribution in [3.63, 3.8) is 0 Å². The van der Waals surface area contributed by atoms with E-state index in [1.807, 2.05) is 25.1 Å². The standard InChI is InChI=1S/C14H15NO3S2/c1-3-6-18-10-5-4-9(7-11(10)17-2)8-12-13(16)15-14(19)20-12/h4-5,7-8H,3,6H2,1-2H3,(H,15,16,19)/b12-8+. The fourth-order valence-electron chi connectivity index (χ4n) is 1.68. The summed E-state index contributed by atoms with van der Waals surface area (Å²) in [6.45, 7) is 2.69. The zero-order chi connectivity index (χ0) is 14.5. The Hall–Kier alpha value is -1.53. The van der Waals surface area contributed by atoms with E-state index in [4.69, 9.17) is 21.7 Å². The summed E-state index contributed by atoms with van der Waals surface area (Å²) in [5, 5.41) is 2.59. The van der Waals surface area contributed by atoms with Crippen molar-refractivity contribution < 1.29 is 14.3 Å². The van der Waals surface area contributed by atoms with Gasteiger partial charge in [0.05, 0.1) is 18.6 Å². The van der Waals surface area contributed by atoms with Gasteiger partial charge >= 0.3 is 0 Å². The number of rotatable bonds is 5. The molecule has 1 heterocycles. The summed E-state index contributed by atoms with van der Waals surface area (Å²) in [7, 11) is 1.59. The van der Waals surface area contributed by atoms with Gasteiger partial charge in [0.2, 0.25) is 0 Å². The van der Waals surface area contributed by atoms with Crippen LogP contribution >= 0.6 is 24.0 Å². The quantitative estimate of drug-likeness (QED) is 0.669. The lowest BCUT2D eigenvalue weighted by atomic mass is 10.2. The molecule has 0 spiro atoms. The highest BCUT2D eigenvalue weighted by molar-refractivity contribution is 8.26. The Bertz CT molecular complexity index is 570. The summed E-state index contributed by atoms with van der Waals surface area (Å²) in [5.41, 5.74) is 0.869. The molecule has 1 amide bonds. The van der Waals surface area contributed by atoms with Crippen LogP contribution in [-0.4, -0.2) is 23.9 Å². The number of ether oxygens (including phenoxy) is 2. The maximum Gasteiger partial charge on any atom is 0.263 e. The second kappa shape index (κ2) is 6.76. The maximum absolute atomic E-state index is 11.6. The summed E-state index contributed by atoms with van der Waals surface area (Å²) < 4.78 is 11.4. The number of benzene rings is 1. The van der Waals surface area contributed by atoms with Crippen LogP contribution in [0, 0.1) is 0 Å². The fraction of sp³-hybridized carbons (Fsp3) is 0.286. The van der Waals surface area contributed by atoms with Gasteiger partial charge in [-0.05, 0) is 30.2 Å². The smallest absolute Gasteiger partial charge is 0.263 e. The summed E-state index contributed by atoms with van der Waals surface area (Å²) in [4.78, 5) is 12.2. The molecule has 106 valence electrons. The number of hydrogen-bond acceptors (Lipinski definition) is 5.